The fourth-order valence-electron chi connectivity index (χ4n) is 3.36. The molecule has 1 heterocycles. The Bertz CT molecular complexity index is 901. The standard InChI is InChI=1S/C21H27N3O3S/c1-16-10-12-24(13-11-16)15-18-2-6-19(7-3-18)23-21(25)14-17-4-8-20(9-5-17)28(22,26)27/h2-9,16H,10-15H2,1H3,(H,23,25)(H2,22,26,27). The summed E-state index contributed by atoms with van der Waals surface area (Å²) in [6.45, 7) is 5.54. The van der Waals surface area contributed by atoms with Gasteiger partial charge in [-0.15, -0.1) is 0 Å². The van der Waals surface area contributed by atoms with Crippen LogP contribution in [0.3, 0.4) is 0 Å². The molecule has 0 aliphatic carbocycles. The van der Waals surface area contributed by atoms with Gasteiger partial charge in [-0.25, -0.2) is 13.6 Å². The van der Waals surface area contributed by atoms with Crippen LogP contribution in [0.4, 0.5) is 5.69 Å². The Morgan fingerprint density at radius 1 is 1.04 bits per heavy atom. The van der Waals surface area contributed by atoms with Crippen LogP contribution in [0.25, 0.3) is 0 Å². The molecule has 3 N–H and O–H groups in total. The van der Waals surface area contributed by atoms with Crippen LogP contribution in [-0.4, -0.2) is 32.3 Å². The lowest BCUT2D eigenvalue weighted by Crippen LogP contribution is -2.32. The fraction of sp³-hybridized carbons (Fsp3) is 0.381. The summed E-state index contributed by atoms with van der Waals surface area (Å²) in [7, 11) is -3.72. The van der Waals surface area contributed by atoms with Crippen LogP contribution in [-0.2, 0) is 27.8 Å². The Balaban J connectivity index is 1.51. The quantitative estimate of drug-likeness (QED) is 0.778. The third-order valence-electron chi connectivity index (χ3n) is 5.14. The Hall–Kier alpha value is -2.22. The van der Waals surface area contributed by atoms with E-state index in [2.05, 4.69) is 29.3 Å². The molecule has 6 nitrogen and oxygen atoms in total. The van der Waals surface area contributed by atoms with Crippen molar-refractivity contribution in [2.24, 2.45) is 11.1 Å². The van der Waals surface area contributed by atoms with Gasteiger partial charge in [0, 0.05) is 12.2 Å². The summed E-state index contributed by atoms with van der Waals surface area (Å²) in [5.74, 6) is 0.672. The van der Waals surface area contributed by atoms with Crippen molar-refractivity contribution < 1.29 is 13.2 Å². The fourth-order valence-corrected chi connectivity index (χ4v) is 3.87. The summed E-state index contributed by atoms with van der Waals surface area (Å²) in [5.41, 5.74) is 2.72. The monoisotopic (exact) mass is 401 g/mol. The second-order valence-corrected chi connectivity index (χ2v) is 9.13. The first-order chi connectivity index (χ1) is 13.3. The molecule has 3 rings (SSSR count). The topological polar surface area (TPSA) is 92.5 Å². The lowest BCUT2D eigenvalue weighted by molar-refractivity contribution is -0.115. The van der Waals surface area contributed by atoms with Gasteiger partial charge in [0.1, 0.15) is 0 Å². The van der Waals surface area contributed by atoms with Crippen LogP contribution in [0.1, 0.15) is 30.9 Å². The number of anilines is 1. The Morgan fingerprint density at radius 2 is 1.61 bits per heavy atom. The number of nitrogens with zero attached hydrogens (tertiary/aromatic N) is 1. The van der Waals surface area contributed by atoms with Crippen molar-refractivity contribution in [3.8, 4) is 0 Å². The number of rotatable bonds is 6. The molecule has 1 aliphatic heterocycles. The molecule has 0 radical (unpaired) electrons. The maximum absolute atomic E-state index is 12.2. The van der Waals surface area contributed by atoms with Crippen LogP contribution in [0.15, 0.2) is 53.4 Å². The van der Waals surface area contributed by atoms with Gasteiger partial charge in [-0.3, -0.25) is 9.69 Å². The molecule has 0 aromatic heterocycles. The number of likely N-dealkylation sites (tertiary alicyclic amines) is 1. The first-order valence-electron chi connectivity index (χ1n) is 9.52. The summed E-state index contributed by atoms with van der Waals surface area (Å²) in [5, 5.41) is 7.95. The smallest absolute Gasteiger partial charge is 0.238 e. The number of piperidine rings is 1. The lowest BCUT2D eigenvalue weighted by atomic mass is 9.99. The maximum atomic E-state index is 12.2. The molecule has 1 saturated heterocycles. The molecule has 0 spiro atoms. The number of hydrogen-bond acceptors (Lipinski definition) is 4. The molecule has 2 aromatic carbocycles. The average molecular weight is 402 g/mol. The molecule has 2 aromatic rings. The molecule has 150 valence electrons. The van der Waals surface area contributed by atoms with E-state index in [1.165, 1.54) is 30.5 Å². The van der Waals surface area contributed by atoms with Gasteiger partial charge in [0.05, 0.1) is 11.3 Å². The highest BCUT2D eigenvalue weighted by Crippen LogP contribution is 2.19. The van der Waals surface area contributed by atoms with Crippen LogP contribution >= 0.6 is 0 Å². The van der Waals surface area contributed by atoms with Crippen molar-refractivity contribution >= 4 is 21.6 Å². The number of sulfonamides is 1. The van der Waals surface area contributed by atoms with E-state index < -0.39 is 10.0 Å². The van der Waals surface area contributed by atoms with E-state index in [1.807, 2.05) is 12.1 Å². The Labute approximate surface area is 166 Å². The third-order valence-corrected chi connectivity index (χ3v) is 6.07. The van der Waals surface area contributed by atoms with E-state index in [1.54, 1.807) is 12.1 Å². The molecule has 0 atom stereocenters. The third kappa shape index (κ3) is 5.89. The van der Waals surface area contributed by atoms with E-state index in [-0.39, 0.29) is 17.2 Å². The molecule has 1 fully saturated rings. The summed E-state index contributed by atoms with van der Waals surface area (Å²) >= 11 is 0. The van der Waals surface area contributed by atoms with Gasteiger partial charge < -0.3 is 5.32 Å². The zero-order chi connectivity index (χ0) is 20.1. The maximum Gasteiger partial charge on any atom is 0.238 e. The Kier molecular flexibility index (Phi) is 6.49. The van der Waals surface area contributed by atoms with Crippen LogP contribution < -0.4 is 10.5 Å². The highest BCUT2D eigenvalue weighted by molar-refractivity contribution is 7.89. The lowest BCUT2D eigenvalue weighted by Gasteiger charge is -2.30. The van der Waals surface area contributed by atoms with E-state index in [0.717, 1.165) is 36.8 Å². The molecule has 1 aliphatic rings. The van der Waals surface area contributed by atoms with Crippen molar-refractivity contribution in [2.75, 3.05) is 18.4 Å². The second-order valence-electron chi connectivity index (χ2n) is 7.57. The zero-order valence-electron chi connectivity index (χ0n) is 16.1. The number of hydrogen-bond donors (Lipinski definition) is 2. The van der Waals surface area contributed by atoms with E-state index >= 15 is 0 Å². The molecule has 0 bridgehead atoms. The second kappa shape index (κ2) is 8.86. The number of amides is 1. The summed E-state index contributed by atoms with van der Waals surface area (Å²) < 4.78 is 22.5. The highest BCUT2D eigenvalue weighted by Gasteiger charge is 2.15. The molecular formula is C21H27N3O3S. The van der Waals surface area contributed by atoms with Crippen molar-refractivity contribution in [2.45, 2.75) is 37.6 Å². The first-order valence-corrected chi connectivity index (χ1v) is 11.1. The number of nitrogens with one attached hydrogen (secondary N) is 1. The van der Waals surface area contributed by atoms with Crippen molar-refractivity contribution in [3.05, 3.63) is 59.7 Å². The average Bonchev–Trinajstić information content (AvgIpc) is 2.65. The number of carbonyl (C=O) groups excluding carboxylic acids is 1. The largest absolute Gasteiger partial charge is 0.326 e. The highest BCUT2D eigenvalue weighted by atomic mass is 32.2. The zero-order valence-corrected chi connectivity index (χ0v) is 16.9. The molecule has 0 saturated carbocycles. The van der Waals surface area contributed by atoms with Crippen molar-refractivity contribution in [3.63, 3.8) is 0 Å². The predicted molar refractivity (Wildman–Crippen MR) is 110 cm³/mol. The van der Waals surface area contributed by atoms with E-state index in [9.17, 15) is 13.2 Å². The van der Waals surface area contributed by atoms with Crippen LogP contribution in [0, 0.1) is 5.92 Å². The van der Waals surface area contributed by atoms with Gasteiger partial charge >= 0.3 is 0 Å². The minimum absolute atomic E-state index is 0.0374. The van der Waals surface area contributed by atoms with Gasteiger partial charge in [0.2, 0.25) is 15.9 Å². The SMILES string of the molecule is CC1CCN(Cc2ccc(NC(=O)Cc3ccc(S(N)(=O)=O)cc3)cc2)CC1. The van der Waals surface area contributed by atoms with Crippen LogP contribution in [0.5, 0.6) is 0 Å². The van der Waals surface area contributed by atoms with Crippen LogP contribution in [0.2, 0.25) is 0 Å². The van der Waals surface area contributed by atoms with E-state index in [0.29, 0.717) is 0 Å². The predicted octanol–water partition coefficient (Wildman–Crippen LogP) is 2.75. The number of nitrogens with two attached hydrogens (primary N) is 1. The molecule has 28 heavy (non-hydrogen) atoms. The molecular weight excluding hydrogens is 374 g/mol. The molecule has 0 unspecified atom stereocenters. The van der Waals surface area contributed by atoms with Crippen molar-refractivity contribution in [1.29, 1.82) is 0 Å². The van der Waals surface area contributed by atoms with Gasteiger partial charge in [-0.2, -0.15) is 0 Å². The van der Waals surface area contributed by atoms with Crippen molar-refractivity contribution in [1.82, 2.24) is 4.90 Å². The minimum Gasteiger partial charge on any atom is -0.326 e. The van der Waals surface area contributed by atoms with Gasteiger partial charge in [0.25, 0.3) is 0 Å². The summed E-state index contributed by atoms with van der Waals surface area (Å²) in [6.07, 6.45) is 2.68. The molecule has 1 amide bonds. The normalized spacial score (nSPS) is 16.1. The summed E-state index contributed by atoms with van der Waals surface area (Å²) in [4.78, 5) is 14.7. The van der Waals surface area contributed by atoms with E-state index in [4.69, 9.17) is 5.14 Å². The van der Waals surface area contributed by atoms with Gasteiger partial charge in [0.15, 0.2) is 0 Å². The number of primary sulfonamides is 1. The first kappa shape index (κ1) is 20.5. The Morgan fingerprint density at radius 3 is 2.18 bits per heavy atom. The molecule has 7 heteroatoms. The van der Waals surface area contributed by atoms with Gasteiger partial charge in [-0.05, 0) is 67.2 Å². The minimum atomic E-state index is -3.72. The number of carbonyl (C=O) groups is 1. The van der Waals surface area contributed by atoms with Gasteiger partial charge in [-0.1, -0.05) is 31.2 Å². The summed E-state index contributed by atoms with van der Waals surface area (Å²) in [6, 6.07) is 14.0. The number of benzene rings is 2.